The Bertz CT molecular complexity index is 295. The number of aromatic nitrogens is 3. The number of hydrogen-bond acceptors (Lipinski definition) is 4. The minimum atomic E-state index is 0.0319. The van der Waals surface area contributed by atoms with Crippen LogP contribution in [0.15, 0.2) is 12.7 Å². The zero-order chi connectivity index (χ0) is 11.9. The largest absolute Gasteiger partial charge is 0.357 e. The molecule has 96 valence electrons. The molecule has 0 aromatic carbocycles. The molecular weight excluding hydrogens is 216 g/mol. The minimum Gasteiger partial charge on any atom is -0.357 e. The van der Waals surface area contributed by atoms with Gasteiger partial charge in [0.1, 0.15) is 12.7 Å². The van der Waals surface area contributed by atoms with Crippen LogP contribution >= 0.6 is 0 Å². The molecule has 0 spiro atoms. The molecule has 1 aliphatic heterocycles. The van der Waals surface area contributed by atoms with Crippen molar-refractivity contribution in [1.29, 1.82) is 0 Å². The van der Waals surface area contributed by atoms with E-state index in [9.17, 15) is 0 Å². The van der Waals surface area contributed by atoms with Crippen LogP contribution in [0.5, 0.6) is 0 Å². The fourth-order valence-electron chi connectivity index (χ4n) is 2.33. The molecule has 0 amide bonds. The average molecular weight is 238 g/mol. The number of likely N-dealkylation sites (tertiary alicyclic amines) is 1. The first-order chi connectivity index (χ1) is 8.40. The van der Waals surface area contributed by atoms with Gasteiger partial charge >= 0.3 is 0 Å². The number of piperidine rings is 1. The maximum Gasteiger partial charge on any atom is 0.153 e. The van der Waals surface area contributed by atoms with Crippen molar-refractivity contribution in [3.63, 3.8) is 0 Å². The van der Waals surface area contributed by atoms with E-state index >= 15 is 0 Å². The Balaban J connectivity index is 1.81. The molecule has 5 heteroatoms. The summed E-state index contributed by atoms with van der Waals surface area (Å²) in [5.41, 5.74) is 0. The van der Waals surface area contributed by atoms with Crippen molar-refractivity contribution in [1.82, 2.24) is 19.7 Å². The molecule has 0 bridgehead atoms. The molecule has 0 N–H and O–H groups in total. The molecular formula is C12H22N4O. The van der Waals surface area contributed by atoms with E-state index < -0.39 is 0 Å². The van der Waals surface area contributed by atoms with Gasteiger partial charge < -0.3 is 9.64 Å². The maximum atomic E-state index is 5.71. The van der Waals surface area contributed by atoms with E-state index in [4.69, 9.17) is 4.74 Å². The van der Waals surface area contributed by atoms with Gasteiger partial charge in [-0.05, 0) is 32.9 Å². The third-order valence-electron chi connectivity index (χ3n) is 3.23. The Morgan fingerprint density at radius 3 is 2.76 bits per heavy atom. The first-order valence-electron chi connectivity index (χ1n) is 6.58. The van der Waals surface area contributed by atoms with Crippen LogP contribution in [-0.4, -0.2) is 45.9 Å². The van der Waals surface area contributed by atoms with Gasteiger partial charge in [0.25, 0.3) is 0 Å². The topological polar surface area (TPSA) is 43.2 Å². The van der Waals surface area contributed by atoms with Crippen LogP contribution in [0.2, 0.25) is 0 Å². The smallest absolute Gasteiger partial charge is 0.153 e. The van der Waals surface area contributed by atoms with Gasteiger partial charge in [0, 0.05) is 19.6 Å². The van der Waals surface area contributed by atoms with Gasteiger partial charge in [-0.15, -0.1) is 0 Å². The van der Waals surface area contributed by atoms with Crippen LogP contribution in [0.3, 0.4) is 0 Å². The molecule has 0 radical (unpaired) electrons. The van der Waals surface area contributed by atoms with Crippen molar-refractivity contribution < 1.29 is 4.74 Å². The fourth-order valence-corrected chi connectivity index (χ4v) is 2.33. The average Bonchev–Trinajstić information content (AvgIpc) is 2.89. The zero-order valence-corrected chi connectivity index (χ0v) is 10.6. The van der Waals surface area contributed by atoms with Gasteiger partial charge in [-0.25, -0.2) is 9.67 Å². The number of ether oxygens (including phenoxy) is 1. The van der Waals surface area contributed by atoms with Gasteiger partial charge in [0.15, 0.2) is 6.23 Å². The van der Waals surface area contributed by atoms with Crippen LogP contribution in [0, 0.1) is 0 Å². The SMILES string of the molecule is CCOC(CCN1CCCCC1)n1cncn1. The third kappa shape index (κ3) is 3.78. The maximum absolute atomic E-state index is 5.71. The summed E-state index contributed by atoms with van der Waals surface area (Å²) in [5, 5.41) is 4.16. The first kappa shape index (κ1) is 12.5. The molecule has 1 fully saturated rings. The van der Waals surface area contributed by atoms with Crippen LogP contribution in [0.1, 0.15) is 38.8 Å². The predicted molar refractivity (Wildman–Crippen MR) is 65.6 cm³/mol. The zero-order valence-electron chi connectivity index (χ0n) is 10.6. The summed E-state index contributed by atoms with van der Waals surface area (Å²) in [6.45, 7) is 6.28. The highest BCUT2D eigenvalue weighted by atomic mass is 16.5. The molecule has 1 atom stereocenters. The van der Waals surface area contributed by atoms with Crippen LogP contribution in [0.4, 0.5) is 0 Å². The Hall–Kier alpha value is -0.940. The van der Waals surface area contributed by atoms with Gasteiger partial charge in [0.2, 0.25) is 0 Å². The van der Waals surface area contributed by atoms with Crippen molar-refractivity contribution in [2.75, 3.05) is 26.2 Å². The third-order valence-corrected chi connectivity index (χ3v) is 3.23. The van der Waals surface area contributed by atoms with Crippen molar-refractivity contribution in [2.45, 2.75) is 38.8 Å². The van der Waals surface area contributed by atoms with E-state index in [1.165, 1.54) is 32.4 Å². The normalized spacial score (nSPS) is 19.4. The predicted octanol–water partition coefficient (Wildman–Crippen LogP) is 1.69. The molecule has 1 saturated heterocycles. The first-order valence-corrected chi connectivity index (χ1v) is 6.58. The van der Waals surface area contributed by atoms with Gasteiger partial charge in [0.05, 0.1) is 0 Å². The van der Waals surface area contributed by atoms with Gasteiger partial charge in [-0.2, -0.15) is 5.10 Å². The lowest BCUT2D eigenvalue weighted by atomic mass is 10.1. The van der Waals surface area contributed by atoms with Gasteiger partial charge in [-0.3, -0.25) is 0 Å². The van der Waals surface area contributed by atoms with E-state index in [1.54, 1.807) is 12.7 Å². The van der Waals surface area contributed by atoms with Crippen LogP contribution in [0.25, 0.3) is 0 Å². The lowest BCUT2D eigenvalue weighted by molar-refractivity contribution is -0.0119. The molecule has 5 nitrogen and oxygen atoms in total. The molecule has 1 aliphatic rings. The minimum absolute atomic E-state index is 0.0319. The Morgan fingerprint density at radius 2 is 2.12 bits per heavy atom. The van der Waals surface area contributed by atoms with E-state index in [2.05, 4.69) is 15.0 Å². The Labute approximate surface area is 103 Å². The summed E-state index contributed by atoms with van der Waals surface area (Å²) in [5.74, 6) is 0. The Kier molecular flexibility index (Phi) is 4.94. The molecule has 2 rings (SSSR count). The summed E-state index contributed by atoms with van der Waals surface area (Å²) >= 11 is 0. The number of rotatable bonds is 6. The summed E-state index contributed by atoms with van der Waals surface area (Å²) in [7, 11) is 0. The lowest BCUT2D eigenvalue weighted by Crippen LogP contribution is -2.32. The van der Waals surface area contributed by atoms with E-state index in [0.29, 0.717) is 6.61 Å². The second-order valence-electron chi connectivity index (χ2n) is 4.48. The molecule has 2 heterocycles. The molecule has 1 unspecified atom stereocenters. The molecule has 1 aromatic rings. The van der Waals surface area contributed by atoms with Gasteiger partial charge in [-0.1, -0.05) is 6.42 Å². The second kappa shape index (κ2) is 6.71. The summed E-state index contributed by atoms with van der Waals surface area (Å²) in [6.07, 6.45) is 8.37. The highest BCUT2D eigenvalue weighted by Gasteiger charge is 2.15. The molecule has 17 heavy (non-hydrogen) atoms. The van der Waals surface area contributed by atoms with Crippen LogP contribution in [-0.2, 0) is 4.74 Å². The lowest BCUT2D eigenvalue weighted by Gasteiger charge is -2.28. The van der Waals surface area contributed by atoms with Crippen molar-refractivity contribution in [3.05, 3.63) is 12.7 Å². The van der Waals surface area contributed by atoms with E-state index in [0.717, 1.165) is 13.0 Å². The van der Waals surface area contributed by atoms with E-state index in [1.807, 2.05) is 11.6 Å². The summed E-state index contributed by atoms with van der Waals surface area (Å²) in [6, 6.07) is 0. The monoisotopic (exact) mass is 238 g/mol. The molecule has 0 saturated carbocycles. The summed E-state index contributed by atoms with van der Waals surface area (Å²) < 4.78 is 7.52. The Morgan fingerprint density at radius 1 is 1.29 bits per heavy atom. The molecule has 1 aromatic heterocycles. The van der Waals surface area contributed by atoms with E-state index in [-0.39, 0.29) is 6.23 Å². The van der Waals surface area contributed by atoms with Crippen molar-refractivity contribution in [3.8, 4) is 0 Å². The van der Waals surface area contributed by atoms with Crippen molar-refractivity contribution >= 4 is 0 Å². The highest BCUT2D eigenvalue weighted by molar-refractivity contribution is 4.68. The van der Waals surface area contributed by atoms with Crippen molar-refractivity contribution in [2.24, 2.45) is 0 Å². The second-order valence-corrected chi connectivity index (χ2v) is 4.48. The standard InChI is InChI=1S/C12H22N4O/c1-2-17-12(16-11-13-10-14-16)6-9-15-7-4-3-5-8-15/h10-12H,2-9H2,1H3. The highest BCUT2D eigenvalue weighted by Crippen LogP contribution is 2.15. The fraction of sp³-hybridized carbons (Fsp3) is 0.833. The number of hydrogen-bond donors (Lipinski definition) is 0. The number of nitrogens with zero attached hydrogens (tertiary/aromatic N) is 4. The molecule has 0 aliphatic carbocycles. The quantitative estimate of drug-likeness (QED) is 0.756. The van der Waals surface area contributed by atoms with Crippen LogP contribution < -0.4 is 0 Å². The summed E-state index contributed by atoms with van der Waals surface area (Å²) in [4.78, 5) is 6.50.